The summed E-state index contributed by atoms with van der Waals surface area (Å²) in [5.74, 6) is -5.68. The molecule has 0 aromatic heterocycles. The summed E-state index contributed by atoms with van der Waals surface area (Å²) in [6.07, 6.45) is 12.1. The highest BCUT2D eigenvalue weighted by Gasteiger charge is 2.40. The van der Waals surface area contributed by atoms with Crippen LogP contribution in [0.4, 0.5) is 0 Å². The summed E-state index contributed by atoms with van der Waals surface area (Å²) in [5, 5.41) is 42.3. The zero-order valence-corrected chi connectivity index (χ0v) is 17.3. The quantitative estimate of drug-likeness (QED) is 0.166. The van der Waals surface area contributed by atoms with E-state index in [0.717, 1.165) is 12.8 Å². The summed E-state index contributed by atoms with van der Waals surface area (Å²) >= 11 is 0. The van der Waals surface area contributed by atoms with Crippen molar-refractivity contribution in [1.82, 2.24) is 0 Å². The summed E-state index contributed by atoms with van der Waals surface area (Å²) in [6, 6.07) is 0. The molecule has 0 fully saturated rings. The van der Waals surface area contributed by atoms with E-state index in [1.807, 2.05) is 0 Å². The average molecular weight is 447 g/mol. The van der Waals surface area contributed by atoms with Gasteiger partial charge in [0, 0.05) is 6.42 Å². The maximum Gasteiger partial charge on any atom is 0.336 e. The molecule has 0 spiro atoms. The molecule has 0 amide bonds. The predicted molar refractivity (Wildman–Crippen MR) is 114 cm³/mol. The molecule has 0 aliphatic rings. The van der Waals surface area contributed by atoms with E-state index in [2.05, 4.69) is 6.92 Å². The average Bonchev–Trinajstić information content (AvgIpc) is 2.58. The smallest absolute Gasteiger partial charge is 0.336 e. The van der Waals surface area contributed by atoms with Gasteiger partial charge in [0.05, 0.1) is 12.8 Å². The first-order valence-corrected chi connectivity index (χ1v) is 10.2. The summed E-state index contributed by atoms with van der Waals surface area (Å²) in [5.41, 5.74) is -2.74. The van der Waals surface area contributed by atoms with E-state index in [9.17, 15) is 19.2 Å². The molecule has 0 aromatic carbocycles. The van der Waals surface area contributed by atoms with Crippen molar-refractivity contribution in [2.45, 2.75) is 102 Å². The number of hydrogen-bond donors (Lipinski definition) is 5. The zero-order chi connectivity index (χ0) is 22.7. The van der Waals surface area contributed by atoms with Crippen molar-refractivity contribution in [3.63, 3.8) is 0 Å². The Bertz CT molecular complexity index is 479. The molecule has 0 aliphatic carbocycles. The third-order valence-electron chi connectivity index (χ3n) is 4.28. The Labute approximate surface area is 194 Å². The second-order valence-electron chi connectivity index (χ2n) is 7.16. The summed E-state index contributed by atoms with van der Waals surface area (Å²) in [7, 11) is 0. The van der Waals surface area contributed by atoms with E-state index in [1.54, 1.807) is 0 Å². The number of aliphatic carboxylic acids is 4. The number of aliphatic hydroxyl groups is 1. The topological polar surface area (TPSA) is 169 Å². The van der Waals surface area contributed by atoms with E-state index < -0.39 is 42.3 Å². The summed E-state index contributed by atoms with van der Waals surface area (Å²) in [6.45, 7) is 2.25. The predicted octanol–water partition coefficient (Wildman–Crippen LogP) is 2.61. The van der Waals surface area contributed by atoms with Gasteiger partial charge in [0.25, 0.3) is 0 Å². The van der Waals surface area contributed by atoms with Gasteiger partial charge >= 0.3 is 46.9 Å². The zero-order valence-electron chi connectivity index (χ0n) is 17.3. The largest absolute Gasteiger partial charge is 0.481 e. The molecule has 0 heterocycles. The van der Waals surface area contributed by atoms with Gasteiger partial charge < -0.3 is 25.5 Å². The summed E-state index contributed by atoms with van der Waals surface area (Å²) < 4.78 is 0. The van der Waals surface area contributed by atoms with Crippen LogP contribution in [-0.4, -0.2) is 78.1 Å². The van der Waals surface area contributed by atoms with E-state index in [1.165, 1.54) is 57.8 Å². The van der Waals surface area contributed by atoms with Crippen LogP contribution in [0.25, 0.3) is 0 Å². The van der Waals surface area contributed by atoms with E-state index >= 15 is 0 Å². The number of carboxylic acid groups (broad SMARTS) is 4. The van der Waals surface area contributed by atoms with Crippen LogP contribution in [0.15, 0.2) is 0 Å². The third kappa shape index (κ3) is 22.9. The molecule has 0 atom stereocenters. The molecule has 0 aromatic rings. The van der Waals surface area contributed by atoms with Gasteiger partial charge in [-0.1, -0.05) is 71.1 Å². The minimum absolute atomic E-state index is 0. The van der Waals surface area contributed by atoms with Gasteiger partial charge in [-0.25, -0.2) is 4.79 Å². The van der Waals surface area contributed by atoms with Gasteiger partial charge in [0.2, 0.25) is 0 Å². The molecule has 0 bridgehead atoms. The number of carboxylic acids is 4. The Hall–Kier alpha value is -1.39. The fourth-order valence-electron chi connectivity index (χ4n) is 2.65. The SMILES string of the molecule is CCCCCCCCCCCCCC(=O)O.O=C(O)CC(O)(CC(=O)O)C(=O)O.[MgH2]. The van der Waals surface area contributed by atoms with Crippen molar-refractivity contribution < 1.29 is 44.7 Å². The van der Waals surface area contributed by atoms with Crippen molar-refractivity contribution in [3.05, 3.63) is 0 Å². The lowest BCUT2D eigenvalue weighted by atomic mass is 9.96. The minimum Gasteiger partial charge on any atom is -0.481 e. The Balaban J connectivity index is -0.000000480. The maximum absolute atomic E-state index is 10.3. The van der Waals surface area contributed by atoms with Crippen molar-refractivity contribution >= 4 is 46.9 Å². The van der Waals surface area contributed by atoms with Crippen LogP contribution in [0, 0.1) is 0 Å². The lowest BCUT2D eigenvalue weighted by molar-refractivity contribution is -0.170. The van der Waals surface area contributed by atoms with Crippen molar-refractivity contribution in [3.8, 4) is 0 Å². The maximum atomic E-state index is 10.3. The normalized spacial score (nSPS) is 10.3. The van der Waals surface area contributed by atoms with Crippen molar-refractivity contribution in [2.24, 2.45) is 0 Å². The number of hydrogen-bond acceptors (Lipinski definition) is 5. The lowest BCUT2D eigenvalue weighted by Crippen LogP contribution is -2.42. The number of rotatable bonds is 17. The number of carbonyl (C=O) groups is 4. The van der Waals surface area contributed by atoms with Crippen LogP contribution in [0.1, 0.15) is 96.8 Å². The minimum atomic E-state index is -2.74. The second kappa shape index (κ2) is 20.9. The summed E-state index contributed by atoms with van der Waals surface area (Å²) in [4.78, 5) is 40.7. The molecule has 5 N–H and O–H groups in total. The highest BCUT2D eigenvalue weighted by Crippen LogP contribution is 2.15. The van der Waals surface area contributed by atoms with Crippen LogP contribution >= 0.6 is 0 Å². The first kappa shape index (κ1) is 33.2. The molecule has 174 valence electrons. The van der Waals surface area contributed by atoms with Gasteiger partial charge in [-0.3, -0.25) is 14.4 Å². The Morgan fingerprint density at radius 1 is 0.600 bits per heavy atom. The molecule has 9 nitrogen and oxygen atoms in total. The van der Waals surface area contributed by atoms with Crippen LogP contribution in [-0.2, 0) is 19.2 Å². The van der Waals surface area contributed by atoms with Crippen LogP contribution in [0.3, 0.4) is 0 Å². The molecule has 0 radical (unpaired) electrons. The van der Waals surface area contributed by atoms with Crippen LogP contribution in [0.2, 0.25) is 0 Å². The molecule has 0 saturated carbocycles. The molecular formula is C20H38MgO9. The first-order chi connectivity index (χ1) is 13.5. The lowest BCUT2D eigenvalue weighted by Gasteiger charge is -2.18. The molecular weight excluding hydrogens is 409 g/mol. The molecule has 0 rings (SSSR count). The van der Waals surface area contributed by atoms with Crippen molar-refractivity contribution in [2.75, 3.05) is 0 Å². The van der Waals surface area contributed by atoms with Crippen molar-refractivity contribution in [1.29, 1.82) is 0 Å². The molecule has 0 unspecified atom stereocenters. The monoisotopic (exact) mass is 446 g/mol. The first-order valence-electron chi connectivity index (χ1n) is 10.2. The highest BCUT2D eigenvalue weighted by molar-refractivity contribution is 5.88. The van der Waals surface area contributed by atoms with E-state index in [4.69, 9.17) is 25.5 Å². The van der Waals surface area contributed by atoms with Gasteiger partial charge in [0.1, 0.15) is 0 Å². The Morgan fingerprint density at radius 3 is 1.20 bits per heavy atom. The van der Waals surface area contributed by atoms with Gasteiger partial charge in [-0.05, 0) is 6.42 Å². The standard InChI is InChI=1S/C14H28O2.C6H8O7.Mg.2H/c1-2-3-4-5-6-7-8-9-10-11-12-13-14(15)16;7-3(8)1-6(13,5(11)12)2-4(9)10;;;/h2-13H2,1H3,(H,15,16);13H,1-2H2,(H,7,8)(H,9,10)(H,11,12);;;. The van der Waals surface area contributed by atoms with Gasteiger partial charge in [-0.15, -0.1) is 0 Å². The Morgan fingerprint density at radius 2 is 0.933 bits per heavy atom. The third-order valence-corrected chi connectivity index (χ3v) is 4.28. The fourth-order valence-corrected chi connectivity index (χ4v) is 2.65. The molecule has 0 aliphatic heterocycles. The fraction of sp³-hybridized carbons (Fsp3) is 0.800. The second-order valence-corrected chi connectivity index (χ2v) is 7.16. The number of unbranched alkanes of at least 4 members (excludes halogenated alkanes) is 10. The van der Waals surface area contributed by atoms with Crippen LogP contribution < -0.4 is 0 Å². The molecule has 10 heteroatoms. The van der Waals surface area contributed by atoms with E-state index in [0.29, 0.717) is 6.42 Å². The molecule has 30 heavy (non-hydrogen) atoms. The highest BCUT2D eigenvalue weighted by atomic mass is 24.3. The molecule has 0 saturated heterocycles. The van der Waals surface area contributed by atoms with Gasteiger partial charge in [-0.2, -0.15) is 0 Å². The van der Waals surface area contributed by atoms with Gasteiger partial charge in [0.15, 0.2) is 5.60 Å². The van der Waals surface area contributed by atoms with Crippen LogP contribution in [0.5, 0.6) is 0 Å². The van der Waals surface area contributed by atoms with E-state index in [-0.39, 0.29) is 23.1 Å². The Kier molecular flexibility index (Phi) is 23.1.